The second-order valence-electron chi connectivity index (χ2n) is 6.92. The highest BCUT2D eigenvalue weighted by Gasteiger charge is 2.27. The Morgan fingerprint density at radius 3 is 2.88 bits per heavy atom. The molecule has 25 heavy (non-hydrogen) atoms. The summed E-state index contributed by atoms with van der Waals surface area (Å²) in [4.78, 5) is 33.6. The number of aromatic nitrogens is 1. The average Bonchev–Trinajstić information content (AvgIpc) is 3.37. The predicted octanol–water partition coefficient (Wildman–Crippen LogP) is 3.11. The first-order chi connectivity index (χ1) is 12.1. The van der Waals surface area contributed by atoms with Gasteiger partial charge in [0.05, 0.1) is 6.54 Å². The van der Waals surface area contributed by atoms with Crippen LogP contribution < -0.4 is 0 Å². The van der Waals surface area contributed by atoms with Crippen molar-refractivity contribution in [2.45, 2.75) is 32.2 Å². The van der Waals surface area contributed by atoms with Crippen LogP contribution in [0.25, 0.3) is 0 Å². The van der Waals surface area contributed by atoms with Crippen molar-refractivity contribution in [2.75, 3.05) is 26.2 Å². The van der Waals surface area contributed by atoms with Crippen LogP contribution in [0.2, 0.25) is 0 Å². The van der Waals surface area contributed by atoms with Crippen LogP contribution in [-0.2, 0) is 6.42 Å². The van der Waals surface area contributed by atoms with Gasteiger partial charge < -0.3 is 9.88 Å². The zero-order valence-corrected chi connectivity index (χ0v) is 15.3. The number of ketones is 1. The summed E-state index contributed by atoms with van der Waals surface area (Å²) in [5.74, 6) is 0.0769. The quantitative estimate of drug-likeness (QED) is 0.856. The van der Waals surface area contributed by atoms with Gasteiger partial charge in [-0.15, -0.1) is 11.3 Å². The van der Waals surface area contributed by atoms with Crippen LogP contribution in [0.3, 0.4) is 0 Å². The Bertz CT molecular complexity index is 788. The predicted molar refractivity (Wildman–Crippen MR) is 98.3 cm³/mol. The number of Topliss-reactive ketones (excluding diaryl/α,β-unsaturated/α-hetero) is 1. The van der Waals surface area contributed by atoms with E-state index >= 15 is 0 Å². The minimum Gasteiger partial charge on any atom is -0.356 e. The Kier molecular flexibility index (Phi) is 4.48. The van der Waals surface area contributed by atoms with Crippen molar-refractivity contribution >= 4 is 23.0 Å². The van der Waals surface area contributed by atoms with Crippen LogP contribution in [0.15, 0.2) is 23.7 Å². The largest absolute Gasteiger partial charge is 0.356 e. The van der Waals surface area contributed by atoms with Crippen molar-refractivity contribution < 1.29 is 9.59 Å². The third-order valence-electron chi connectivity index (χ3n) is 5.38. The van der Waals surface area contributed by atoms with E-state index in [1.165, 1.54) is 10.4 Å². The fourth-order valence-corrected chi connectivity index (χ4v) is 4.79. The Hall–Kier alpha value is -1.92. The van der Waals surface area contributed by atoms with Gasteiger partial charge in [0.1, 0.15) is 5.69 Å². The molecule has 0 radical (unpaired) electrons. The van der Waals surface area contributed by atoms with E-state index in [2.05, 4.69) is 28.3 Å². The smallest absolute Gasteiger partial charge is 0.270 e. The summed E-state index contributed by atoms with van der Waals surface area (Å²) in [5, 5.41) is 2.13. The molecule has 0 bridgehead atoms. The highest BCUT2D eigenvalue weighted by molar-refractivity contribution is 7.10. The van der Waals surface area contributed by atoms with Gasteiger partial charge in [-0.3, -0.25) is 14.5 Å². The zero-order chi connectivity index (χ0) is 17.4. The monoisotopic (exact) mass is 357 g/mol. The van der Waals surface area contributed by atoms with Gasteiger partial charge in [0.15, 0.2) is 5.78 Å². The summed E-state index contributed by atoms with van der Waals surface area (Å²) in [6.45, 7) is 5.10. The molecule has 6 heteroatoms. The molecule has 5 nitrogen and oxygen atoms in total. The van der Waals surface area contributed by atoms with Crippen molar-refractivity contribution in [3.63, 3.8) is 0 Å². The number of rotatable bonds is 4. The highest BCUT2D eigenvalue weighted by Crippen LogP contribution is 2.32. The standard InChI is InChI=1S/C19H23N3O2S/c1-13-15-5-9-25-18(15)4-8-22(13)12-17(23)14-10-16(20-11-14)19(24)21-6-2-3-7-21/h5,9-11,13,20H,2-4,6-8,12H2,1H3/t13-/m1/s1. The molecule has 2 aromatic heterocycles. The molecular weight excluding hydrogens is 334 g/mol. The number of nitrogens with one attached hydrogen (secondary N) is 1. The summed E-state index contributed by atoms with van der Waals surface area (Å²) in [7, 11) is 0. The number of thiophene rings is 1. The van der Waals surface area contributed by atoms with E-state index in [0.717, 1.165) is 38.9 Å². The molecule has 1 fully saturated rings. The molecule has 1 saturated heterocycles. The number of fused-ring (bicyclic) bond motifs is 1. The summed E-state index contributed by atoms with van der Waals surface area (Å²) in [6, 6.07) is 4.15. The summed E-state index contributed by atoms with van der Waals surface area (Å²) < 4.78 is 0. The van der Waals surface area contributed by atoms with Crippen LogP contribution in [0, 0.1) is 0 Å². The number of nitrogens with zero attached hydrogens (tertiary/aromatic N) is 2. The van der Waals surface area contributed by atoms with Crippen LogP contribution in [-0.4, -0.2) is 52.7 Å². The Balaban J connectivity index is 1.43. The van der Waals surface area contributed by atoms with Gasteiger partial charge in [-0.05, 0) is 49.3 Å². The molecule has 0 saturated carbocycles. The Morgan fingerprint density at radius 1 is 1.28 bits per heavy atom. The van der Waals surface area contributed by atoms with Crippen molar-refractivity contribution in [1.82, 2.24) is 14.8 Å². The third kappa shape index (κ3) is 3.16. The molecule has 1 N–H and O–H groups in total. The van der Waals surface area contributed by atoms with Gasteiger partial charge in [-0.1, -0.05) is 0 Å². The van der Waals surface area contributed by atoms with E-state index in [0.29, 0.717) is 17.8 Å². The number of hydrogen-bond donors (Lipinski definition) is 1. The number of carbonyl (C=O) groups excluding carboxylic acids is 2. The lowest BCUT2D eigenvalue weighted by molar-refractivity contribution is 0.0787. The van der Waals surface area contributed by atoms with Crippen molar-refractivity contribution in [3.05, 3.63) is 45.4 Å². The normalized spacial score (nSPS) is 20.7. The maximum Gasteiger partial charge on any atom is 0.270 e. The SMILES string of the molecule is C[C@@H]1c2ccsc2CCN1CC(=O)c1c[nH]c(C(=O)N2CCCC2)c1. The lowest BCUT2D eigenvalue weighted by atomic mass is 10.0. The minimum absolute atomic E-state index is 0.00538. The molecule has 1 amide bonds. The van der Waals surface area contributed by atoms with Crippen LogP contribution in [0.5, 0.6) is 0 Å². The summed E-state index contributed by atoms with van der Waals surface area (Å²) in [6.07, 6.45) is 4.82. The average molecular weight is 357 g/mol. The molecule has 132 valence electrons. The first kappa shape index (κ1) is 16.5. The Labute approximate surface area is 151 Å². The van der Waals surface area contributed by atoms with Crippen LogP contribution in [0.1, 0.15) is 57.1 Å². The summed E-state index contributed by atoms with van der Waals surface area (Å²) >= 11 is 1.81. The van der Waals surface area contributed by atoms with Gasteiger partial charge in [-0.2, -0.15) is 0 Å². The lowest BCUT2D eigenvalue weighted by Crippen LogP contribution is -2.37. The van der Waals surface area contributed by atoms with E-state index in [1.54, 1.807) is 23.6 Å². The highest BCUT2D eigenvalue weighted by atomic mass is 32.1. The van der Waals surface area contributed by atoms with E-state index in [-0.39, 0.29) is 17.7 Å². The fraction of sp³-hybridized carbons (Fsp3) is 0.474. The molecule has 0 aromatic carbocycles. The Morgan fingerprint density at radius 2 is 2.08 bits per heavy atom. The molecular formula is C19H23N3O2S. The molecule has 2 aliphatic rings. The zero-order valence-electron chi connectivity index (χ0n) is 14.5. The van der Waals surface area contributed by atoms with Crippen LogP contribution >= 0.6 is 11.3 Å². The molecule has 0 aliphatic carbocycles. The number of aromatic amines is 1. The molecule has 2 aliphatic heterocycles. The number of carbonyl (C=O) groups is 2. The maximum absolute atomic E-state index is 12.7. The van der Waals surface area contributed by atoms with Crippen molar-refractivity contribution in [2.24, 2.45) is 0 Å². The minimum atomic E-state index is 0.00538. The molecule has 0 unspecified atom stereocenters. The van der Waals surface area contributed by atoms with E-state index in [9.17, 15) is 9.59 Å². The number of hydrogen-bond acceptors (Lipinski definition) is 4. The van der Waals surface area contributed by atoms with Crippen LogP contribution in [0.4, 0.5) is 0 Å². The third-order valence-corrected chi connectivity index (χ3v) is 6.38. The molecule has 2 aromatic rings. The number of H-pyrrole nitrogens is 1. The lowest BCUT2D eigenvalue weighted by Gasteiger charge is -2.32. The maximum atomic E-state index is 12.7. The number of likely N-dealkylation sites (tertiary alicyclic amines) is 1. The van der Waals surface area contributed by atoms with Gasteiger partial charge in [-0.25, -0.2) is 0 Å². The first-order valence-corrected chi connectivity index (χ1v) is 9.82. The van der Waals surface area contributed by atoms with Gasteiger partial charge in [0.25, 0.3) is 5.91 Å². The summed E-state index contributed by atoms with van der Waals surface area (Å²) in [5.41, 5.74) is 2.48. The molecule has 0 spiro atoms. The van der Waals surface area contributed by atoms with Gasteiger partial charge in [0, 0.05) is 42.3 Å². The molecule has 1 atom stereocenters. The second-order valence-corrected chi connectivity index (χ2v) is 7.92. The van der Waals surface area contributed by atoms with E-state index in [1.807, 2.05) is 4.90 Å². The fourth-order valence-electron chi connectivity index (χ4n) is 3.82. The molecule has 4 heterocycles. The first-order valence-electron chi connectivity index (χ1n) is 8.94. The van der Waals surface area contributed by atoms with Gasteiger partial charge >= 0.3 is 0 Å². The van der Waals surface area contributed by atoms with Gasteiger partial charge in [0.2, 0.25) is 0 Å². The molecule has 4 rings (SSSR count). The number of amides is 1. The van der Waals surface area contributed by atoms with E-state index < -0.39 is 0 Å². The van der Waals surface area contributed by atoms with Crippen molar-refractivity contribution in [1.29, 1.82) is 0 Å². The topological polar surface area (TPSA) is 56.4 Å². The van der Waals surface area contributed by atoms with Crippen molar-refractivity contribution in [3.8, 4) is 0 Å². The second kappa shape index (κ2) is 6.77. The van der Waals surface area contributed by atoms with E-state index in [4.69, 9.17) is 0 Å².